The second-order valence-corrected chi connectivity index (χ2v) is 7.90. The van der Waals surface area contributed by atoms with Gasteiger partial charge in [0.15, 0.2) is 0 Å². The van der Waals surface area contributed by atoms with E-state index in [-0.39, 0.29) is 0 Å². The number of benzene rings is 1. The summed E-state index contributed by atoms with van der Waals surface area (Å²) in [6.45, 7) is 5.35. The molecule has 20 heavy (non-hydrogen) atoms. The second kappa shape index (κ2) is 7.60. The van der Waals surface area contributed by atoms with E-state index < -0.39 is 0 Å². The van der Waals surface area contributed by atoms with E-state index in [1.54, 1.807) is 11.3 Å². The van der Waals surface area contributed by atoms with Crippen molar-refractivity contribution in [1.82, 2.24) is 5.32 Å². The van der Waals surface area contributed by atoms with Crippen molar-refractivity contribution in [2.75, 3.05) is 6.54 Å². The molecule has 0 saturated heterocycles. The Bertz CT molecular complexity index is 567. The molecule has 0 amide bonds. The summed E-state index contributed by atoms with van der Waals surface area (Å²) in [6.07, 6.45) is 2.15. The van der Waals surface area contributed by atoms with Crippen LogP contribution in [-0.4, -0.2) is 6.54 Å². The zero-order valence-electron chi connectivity index (χ0n) is 11.7. The number of aryl methyl sites for hydroxylation is 1. The van der Waals surface area contributed by atoms with Gasteiger partial charge in [-0.2, -0.15) is 0 Å². The molecule has 0 aliphatic carbocycles. The van der Waals surface area contributed by atoms with Crippen molar-refractivity contribution in [3.05, 3.63) is 55.1 Å². The van der Waals surface area contributed by atoms with Crippen LogP contribution in [0.4, 0.5) is 0 Å². The van der Waals surface area contributed by atoms with E-state index in [0.29, 0.717) is 6.04 Å². The summed E-state index contributed by atoms with van der Waals surface area (Å²) in [5.41, 5.74) is 2.59. The number of thiophene rings is 1. The number of hydrogen-bond acceptors (Lipinski definition) is 2. The van der Waals surface area contributed by atoms with Gasteiger partial charge in [-0.05, 0) is 71.2 Å². The first-order valence-corrected chi connectivity index (χ1v) is 8.82. The molecule has 108 valence electrons. The summed E-state index contributed by atoms with van der Waals surface area (Å²) in [4.78, 5) is 1.39. The van der Waals surface area contributed by atoms with Crippen LogP contribution in [0.3, 0.4) is 0 Å². The molecule has 0 aliphatic heterocycles. The molecule has 0 radical (unpaired) electrons. The Hall–Kier alpha value is -0.350. The van der Waals surface area contributed by atoms with Crippen LogP contribution in [0, 0.1) is 6.92 Å². The second-order valence-electron chi connectivity index (χ2n) is 4.92. The van der Waals surface area contributed by atoms with Crippen molar-refractivity contribution in [2.45, 2.75) is 32.7 Å². The van der Waals surface area contributed by atoms with Crippen molar-refractivity contribution in [3.63, 3.8) is 0 Å². The van der Waals surface area contributed by atoms with Crippen molar-refractivity contribution >= 4 is 38.9 Å². The lowest BCUT2D eigenvalue weighted by molar-refractivity contribution is 0.530. The third-order valence-corrected chi connectivity index (χ3v) is 5.16. The fourth-order valence-electron chi connectivity index (χ4n) is 2.30. The molecule has 0 spiro atoms. The van der Waals surface area contributed by atoms with E-state index in [1.165, 1.54) is 19.8 Å². The van der Waals surface area contributed by atoms with Gasteiger partial charge in [0.1, 0.15) is 0 Å². The molecule has 1 nitrogen and oxygen atoms in total. The normalized spacial score (nSPS) is 12.6. The van der Waals surface area contributed by atoms with E-state index in [0.717, 1.165) is 24.4 Å². The molecule has 4 heteroatoms. The minimum Gasteiger partial charge on any atom is -0.310 e. The van der Waals surface area contributed by atoms with Crippen molar-refractivity contribution in [2.24, 2.45) is 0 Å². The average Bonchev–Trinajstić information content (AvgIpc) is 2.80. The zero-order chi connectivity index (χ0) is 14.5. The van der Waals surface area contributed by atoms with Crippen LogP contribution in [-0.2, 0) is 6.42 Å². The lowest BCUT2D eigenvalue weighted by Crippen LogP contribution is -2.24. The maximum absolute atomic E-state index is 6.06. The average molecular weight is 373 g/mol. The lowest BCUT2D eigenvalue weighted by Gasteiger charge is -2.20. The van der Waals surface area contributed by atoms with E-state index >= 15 is 0 Å². The monoisotopic (exact) mass is 371 g/mol. The molecule has 1 aromatic carbocycles. The Morgan fingerprint density at radius 2 is 2.10 bits per heavy atom. The standard InChI is InChI=1S/C16H19BrClNS/c1-3-8-19-15(10-13-5-7-16(17)20-13)14-6-4-12(18)9-11(14)2/h4-7,9,15,19H,3,8,10H2,1-2H3. The molecule has 0 bridgehead atoms. The number of hydrogen-bond donors (Lipinski definition) is 1. The molecule has 2 aromatic rings. The van der Waals surface area contributed by atoms with Gasteiger partial charge in [-0.15, -0.1) is 11.3 Å². The molecule has 0 aliphatic rings. The van der Waals surface area contributed by atoms with E-state index in [9.17, 15) is 0 Å². The quantitative estimate of drug-likeness (QED) is 0.680. The first kappa shape index (κ1) is 16.0. The third-order valence-electron chi connectivity index (χ3n) is 3.28. The summed E-state index contributed by atoms with van der Waals surface area (Å²) in [5, 5.41) is 4.46. The van der Waals surface area contributed by atoms with E-state index in [4.69, 9.17) is 11.6 Å². The highest BCUT2D eigenvalue weighted by molar-refractivity contribution is 9.11. The van der Waals surface area contributed by atoms with Gasteiger partial charge in [0.05, 0.1) is 3.79 Å². The van der Waals surface area contributed by atoms with Crippen LogP contribution in [0.15, 0.2) is 34.1 Å². The summed E-state index contributed by atoms with van der Waals surface area (Å²) >= 11 is 11.4. The predicted molar refractivity (Wildman–Crippen MR) is 92.9 cm³/mol. The minimum atomic E-state index is 0.345. The van der Waals surface area contributed by atoms with Crippen LogP contribution in [0.2, 0.25) is 5.02 Å². The molecule has 0 saturated carbocycles. The van der Waals surface area contributed by atoms with Crippen LogP contribution < -0.4 is 5.32 Å². The van der Waals surface area contributed by atoms with E-state index in [1.807, 2.05) is 12.1 Å². The van der Waals surface area contributed by atoms with Crippen molar-refractivity contribution in [1.29, 1.82) is 0 Å². The Morgan fingerprint density at radius 1 is 1.30 bits per heavy atom. The Labute approximate surface area is 138 Å². The number of halogens is 2. The van der Waals surface area contributed by atoms with Gasteiger partial charge in [0.2, 0.25) is 0 Å². The third kappa shape index (κ3) is 4.32. The van der Waals surface area contributed by atoms with Crippen molar-refractivity contribution in [3.8, 4) is 0 Å². The molecular weight excluding hydrogens is 354 g/mol. The lowest BCUT2D eigenvalue weighted by atomic mass is 9.98. The summed E-state index contributed by atoms with van der Waals surface area (Å²) in [6, 6.07) is 10.8. The van der Waals surface area contributed by atoms with Crippen molar-refractivity contribution < 1.29 is 0 Å². The highest BCUT2D eigenvalue weighted by Crippen LogP contribution is 2.29. The highest BCUT2D eigenvalue weighted by atomic mass is 79.9. The van der Waals surface area contributed by atoms with Crippen LogP contribution in [0.25, 0.3) is 0 Å². The van der Waals surface area contributed by atoms with Gasteiger partial charge < -0.3 is 5.32 Å². The van der Waals surface area contributed by atoms with Gasteiger partial charge in [-0.3, -0.25) is 0 Å². The van der Waals surface area contributed by atoms with E-state index in [2.05, 4.69) is 53.3 Å². The molecule has 1 N–H and O–H groups in total. The summed E-state index contributed by atoms with van der Waals surface area (Å²) < 4.78 is 1.19. The maximum Gasteiger partial charge on any atom is 0.0701 e. The largest absolute Gasteiger partial charge is 0.310 e. The van der Waals surface area contributed by atoms with Crippen LogP contribution in [0.1, 0.15) is 35.4 Å². The van der Waals surface area contributed by atoms with Gasteiger partial charge in [0, 0.05) is 22.4 Å². The molecule has 1 aromatic heterocycles. The molecule has 1 unspecified atom stereocenters. The van der Waals surface area contributed by atoms with Gasteiger partial charge >= 0.3 is 0 Å². The molecule has 1 heterocycles. The minimum absolute atomic E-state index is 0.345. The number of nitrogens with one attached hydrogen (secondary N) is 1. The zero-order valence-corrected chi connectivity index (χ0v) is 14.9. The first-order chi connectivity index (χ1) is 9.60. The fourth-order valence-corrected chi connectivity index (χ4v) is 4.06. The Balaban J connectivity index is 2.22. The molecular formula is C16H19BrClNS. The topological polar surface area (TPSA) is 12.0 Å². The highest BCUT2D eigenvalue weighted by Gasteiger charge is 2.15. The Kier molecular flexibility index (Phi) is 6.09. The predicted octanol–water partition coefficient (Wildman–Crippen LogP) is 5.76. The SMILES string of the molecule is CCCNC(Cc1ccc(Br)s1)c1ccc(Cl)cc1C. The number of rotatable bonds is 6. The summed E-state index contributed by atoms with van der Waals surface area (Å²) in [7, 11) is 0. The van der Waals surface area contributed by atoms with Crippen LogP contribution >= 0.6 is 38.9 Å². The molecule has 2 rings (SSSR count). The Morgan fingerprint density at radius 3 is 2.70 bits per heavy atom. The summed E-state index contributed by atoms with van der Waals surface area (Å²) in [5.74, 6) is 0. The first-order valence-electron chi connectivity index (χ1n) is 6.83. The maximum atomic E-state index is 6.06. The van der Waals surface area contributed by atoms with Gasteiger partial charge in [-0.1, -0.05) is 24.6 Å². The molecule has 1 atom stereocenters. The smallest absolute Gasteiger partial charge is 0.0701 e. The van der Waals surface area contributed by atoms with Gasteiger partial charge in [0.25, 0.3) is 0 Å². The van der Waals surface area contributed by atoms with Gasteiger partial charge in [-0.25, -0.2) is 0 Å². The fraction of sp³-hybridized carbons (Fsp3) is 0.375. The van der Waals surface area contributed by atoms with Crippen LogP contribution in [0.5, 0.6) is 0 Å². The molecule has 0 fully saturated rings.